The number of rotatable bonds is 1. The van der Waals surface area contributed by atoms with E-state index in [-0.39, 0.29) is 0 Å². The van der Waals surface area contributed by atoms with E-state index < -0.39 is 0 Å². The van der Waals surface area contributed by atoms with Gasteiger partial charge in [0, 0.05) is 0 Å². The van der Waals surface area contributed by atoms with Crippen molar-refractivity contribution in [2.45, 2.75) is 6.42 Å². The fourth-order valence-electron chi connectivity index (χ4n) is 0.0510. The van der Waals surface area contributed by atoms with Crippen LogP contribution in [0.5, 0.6) is 0 Å². The van der Waals surface area contributed by atoms with Crippen molar-refractivity contribution in [1.82, 2.24) is 0 Å². The average Bonchev–Trinajstić information content (AvgIpc) is 1.65. The van der Waals surface area contributed by atoms with Crippen LogP contribution in [-0.4, -0.2) is 0 Å². The van der Waals surface area contributed by atoms with Gasteiger partial charge in [0.25, 0.3) is 0 Å². The van der Waals surface area contributed by atoms with Gasteiger partial charge in [-0.1, -0.05) is 0 Å². The van der Waals surface area contributed by atoms with E-state index in [1.807, 2.05) is 0 Å². The number of hydrogen-bond donors (Lipinski definition) is 0. The third-order valence-electron chi connectivity index (χ3n) is 0.446. The molecular formula is C5H6O. The molecule has 0 aliphatic carbocycles. The van der Waals surface area contributed by atoms with Crippen molar-refractivity contribution in [3.8, 4) is 6.15 Å². The van der Waals surface area contributed by atoms with E-state index in [0.29, 0.717) is 12.0 Å². The topological polar surface area (TPSA) is 19.9 Å². The maximum atomic E-state index is 9.47. The fourth-order valence-corrected chi connectivity index (χ4v) is 0.0510. The van der Waals surface area contributed by atoms with Gasteiger partial charge in [0.2, 0.25) is 0 Å². The molecule has 32 valence electrons. The molecule has 0 N–H and O–H groups in total. The molecule has 0 saturated heterocycles. The number of allylic oxidation sites excluding steroid dienone is 1. The summed E-state index contributed by atoms with van der Waals surface area (Å²) < 4.78 is 9.47. The Balaban J connectivity index is 3.33. The molecule has 0 unspecified atom stereocenters. The maximum absolute atomic E-state index is 9.47. The Bertz CT molecular complexity index is 86.6. The molecule has 0 bridgehead atoms. The molecule has 0 spiro atoms. The Morgan fingerprint density at radius 1 is 2.00 bits per heavy atom. The molecule has 0 radical (unpaired) electrons. The monoisotopic (exact) mass is 82.0 g/mol. The minimum atomic E-state index is 0.426. The van der Waals surface area contributed by atoms with Crippen LogP contribution < -0.4 is 0 Å². The summed E-state index contributed by atoms with van der Waals surface area (Å²) in [4.78, 5) is 0. The summed E-state index contributed by atoms with van der Waals surface area (Å²) in [7, 11) is 0. The summed E-state index contributed by atoms with van der Waals surface area (Å²) in [6.07, 6.45) is 2.07. The number of hydrogen-bond acceptors (Lipinski definition) is 0. The summed E-state index contributed by atoms with van der Waals surface area (Å²) in [5.41, 5.74) is 0.426. The van der Waals surface area contributed by atoms with E-state index in [9.17, 15) is 4.65 Å². The van der Waals surface area contributed by atoms with Crippen LogP contribution in [-0.2, 0) is 4.65 Å². The van der Waals surface area contributed by atoms with E-state index in [4.69, 9.17) is 0 Å². The normalized spacial score (nSPS) is 6.67. The predicted octanol–water partition coefficient (Wildman–Crippen LogP) is 1.16. The second-order valence-electron chi connectivity index (χ2n) is 0.956. The molecule has 0 saturated carbocycles. The first-order chi connectivity index (χ1) is 2.81. The van der Waals surface area contributed by atoms with E-state index in [0.717, 1.165) is 0 Å². The second-order valence-corrected chi connectivity index (χ2v) is 0.956. The van der Waals surface area contributed by atoms with Gasteiger partial charge in [0.05, 0.1) is 0 Å². The molecule has 0 amide bonds. The Morgan fingerprint density at radius 2 is 2.50 bits per heavy atom. The molecule has 0 aromatic carbocycles. The third kappa shape index (κ3) is 1.77. The van der Waals surface area contributed by atoms with Crippen LogP contribution in [0.25, 0.3) is 0 Å². The van der Waals surface area contributed by atoms with Crippen molar-refractivity contribution < 1.29 is 4.65 Å². The standard InChI is InChI=1S/C5H6O/c1-3-5(2)4-6/h1-3H2. The van der Waals surface area contributed by atoms with E-state index in [1.165, 1.54) is 0 Å². The molecule has 0 atom stereocenters. The molecule has 0 fully saturated rings. The predicted molar refractivity (Wildman–Crippen MR) is 23.7 cm³/mol. The third-order valence-corrected chi connectivity index (χ3v) is 0.446. The van der Waals surface area contributed by atoms with E-state index >= 15 is 0 Å². The molecule has 6 heavy (non-hydrogen) atoms. The molecular weight excluding hydrogens is 76.1 g/mol. The summed E-state index contributed by atoms with van der Waals surface area (Å²) in [5, 5.41) is 0. The Hall–Kier alpha value is -0.520. The van der Waals surface area contributed by atoms with Gasteiger partial charge in [-0.2, -0.15) is 0 Å². The molecule has 0 aromatic heterocycles. The summed E-state index contributed by atoms with van der Waals surface area (Å²) in [6.45, 7) is 6.70. The van der Waals surface area contributed by atoms with Crippen LogP contribution in [0.1, 0.15) is 6.42 Å². The van der Waals surface area contributed by atoms with Gasteiger partial charge >= 0.3 is 36.3 Å². The van der Waals surface area contributed by atoms with Crippen molar-refractivity contribution in [3.05, 3.63) is 19.1 Å². The quantitative estimate of drug-likeness (QED) is 0.334. The van der Waals surface area contributed by atoms with Crippen LogP contribution in [0, 0.1) is 13.1 Å². The van der Waals surface area contributed by atoms with E-state index in [2.05, 4.69) is 13.5 Å². The summed E-state index contributed by atoms with van der Waals surface area (Å²) in [5.74, 6) is 0. The van der Waals surface area contributed by atoms with Gasteiger partial charge in [-0.15, -0.1) is 0 Å². The first kappa shape index (κ1) is 5.48. The Morgan fingerprint density at radius 3 is 2.50 bits per heavy atom. The van der Waals surface area contributed by atoms with E-state index in [1.54, 1.807) is 6.15 Å². The SMILES string of the molecule is C=C(C#[O+])C[CH2-]. The second kappa shape index (κ2) is 2.70. The Labute approximate surface area is 37.4 Å². The van der Waals surface area contributed by atoms with Crippen molar-refractivity contribution in [1.29, 1.82) is 0 Å². The Kier molecular flexibility index (Phi) is 2.47. The first-order valence-corrected chi connectivity index (χ1v) is 1.66. The molecule has 0 rings (SSSR count). The van der Waals surface area contributed by atoms with Crippen LogP contribution in [0.3, 0.4) is 0 Å². The summed E-state index contributed by atoms with van der Waals surface area (Å²) in [6, 6.07) is 0. The van der Waals surface area contributed by atoms with Crippen LogP contribution in [0.4, 0.5) is 0 Å². The summed E-state index contributed by atoms with van der Waals surface area (Å²) >= 11 is 0. The van der Waals surface area contributed by atoms with Gasteiger partial charge < -0.3 is 0 Å². The van der Waals surface area contributed by atoms with Crippen molar-refractivity contribution in [2.75, 3.05) is 0 Å². The molecule has 1 heteroatoms. The average molecular weight is 82.1 g/mol. The first-order valence-electron chi connectivity index (χ1n) is 1.66. The molecule has 1 nitrogen and oxygen atoms in total. The van der Waals surface area contributed by atoms with Gasteiger partial charge in [-0.3, -0.25) is 0 Å². The van der Waals surface area contributed by atoms with Crippen LogP contribution in [0.15, 0.2) is 12.2 Å². The van der Waals surface area contributed by atoms with Crippen LogP contribution in [0.2, 0.25) is 0 Å². The zero-order chi connectivity index (χ0) is 4.99. The molecule has 0 aliphatic heterocycles. The fraction of sp³-hybridized carbons (Fsp3) is 0.200. The molecule has 0 aliphatic rings. The van der Waals surface area contributed by atoms with Crippen molar-refractivity contribution in [2.24, 2.45) is 0 Å². The minimum absolute atomic E-state index is 0.426. The van der Waals surface area contributed by atoms with Crippen LogP contribution >= 0.6 is 0 Å². The van der Waals surface area contributed by atoms with Crippen molar-refractivity contribution in [3.63, 3.8) is 0 Å². The molecule has 0 aromatic rings. The van der Waals surface area contributed by atoms with Gasteiger partial charge in [-0.05, 0) is 0 Å². The zero-order valence-electron chi connectivity index (χ0n) is 3.53. The van der Waals surface area contributed by atoms with Gasteiger partial charge in [-0.25, -0.2) is 0 Å². The van der Waals surface area contributed by atoms with Crippen molar-refractivity contribution >= 4 is 0 Å². The zero-order valence-corrected chi connectivity index (χ0v) is 3.53. The molecule has 0 heterocycles. The van der Waals surface area contributed by atoms with Gasteiger partial charge in [0.15, 0.2) is 0 Å². The van der Waals surface area contributed by atoms with Gasteiger partial charge in [0.1, 0.15) is 0 Å².